The number of furan rings is 1. The summed E-state index contributed by atoms with van der Waals surface area (Å²) in [5.74, 6) is -0.684. The fourth-order valence-corrected chi connectivity index (χ4v) is 4.16. The maximum absolute atomic E-state index is 12.3. The standard InChI is InChI=1S/C12H17NO5S/c1-3-13(9-6-19(16,17)7-10(9)14)12(15)11-8(2)4-5-18-11/h4-5,9-10,14H,3,6-7H2,1-2H3/t9-,10-/m0/s1. The number of hydrogen-bond donors (Lipinski definition) is 1. The third-order valence-electron chi connectivity index (χ3n) is 3.35. The van der Waals surface area contributed by atoms with Gasteiger partial charge in [0, 0.05) is 12.1 Å². The summed E-state index contributed by atoms with van der Waals surface area (Å²) in [5, 5.41) is 9.84. The van der Waals surface area contributed by atoms with Gasteiger partial charge in [0.15, 0.2) is 15.6 Å². The van der Waals surface area contributed by atoms with Gasteiger partial charge in [-0.3, -0.25) is 4.79 Å². The summed E-state index contributed by atoms with van der Waals surface area (Å²) < 4.78 is 28.2. The molecule has 19 heavy (non-hydrogen) atoms. The molecule has 106 valence electrons. The molecule has 7 heteroatoms. The van der Waals surface area contributed by atoms with Gasteiger partial charge in [0.05, 0.1) is 29.9 Å². The maximum atomic E-state index is 12.3. The van der Waals surface area contributed by atoms with Crippen molar-refractivity contribution in [3.05, 3.63) is 23.7 Å². The number of carbonyl (C=O) groups is 1. The smallest absolute Gasteiger partial charge is 0.290 e. The second kappa shape index (κ2) is 4.97. The highest BCUT2D eigenvalue weighted by atomic mass is 32.2. The van der Waals surface area contributed by atoms with Crippen LogP contribution in [-0.4, -0.2) is 54.5 Å². The third kappa shape index (κ3) is 2.66. The van der Waals surface area contributed by atoms with E-state index in [-0.39, 0.29) is 23.2 Å². The van der Waals surface area contributed by atoms with Gasteiger partial charge in [-0.25, -0.2) is 8.42 Å². The average Bonchev–Trinajstić information content (AvgIpc) is 2.84. The van der Waals surface area contributed by atoms with E-state index < -0.39 is 22.0 Å². The molecule has 1 aromatic heterocycles. The highest BCUT2D eigenvalue weighted by Crippen LogP contribution is 2.21. The van der Waals surface area contributed by atoms with Gasteiger partial charge in [0.1, 0.15) is 0 Å². The van der Waals surface area contributed by atoms with Gasteiger partial charge in [-0.2, -0.15) is 0 Å². The van der Waals surface area contributed by atoms with Gasteiger partial charge in [-0.1, -0.05) is 0 Å². The number of sulfone groups is 1. The van der Waals surface area contributed by atoms with Crippen LogP contribution in [0.3, 0.4) is 0 Å². The lowest BCUT2D eigenvalue weighted by atomic mass is 10.1. The Bertz CT molecular complexity index is 577. The van der Waals surface area contributed by atoms with E-state index in [1.165, 1.54) is 11.2 Å². The van der Waals surface area contributed by atoms with E-state index in [2.05, 4.69) is 0 Å². The molecule has 2 heterocycles. The highest BCUT2D eigenvalue weighted by molar-refractivity contribution is 7.91. The predicted octanol–water partition coefficient (Wildman–Crippen LogP) is 0.208. The van der Waals surface area contributed by atoms with Crippen LogP contribution in [0.25, 0.3) is 0 Å². The van der Waals surface area contributed by atoms with Crippen LogP contribution < -0.4 is 0 Å². The molecule has 1 N–H and O–H groups in total. The van der Waals surface area contributed by atoms with Crippen molar-refractivity contribution in [2.45, 2.75) is 26.0 Å². The van der Waals surface area contributed by atoms with Crippen molar-refractivity contribution in [2.24, 2.45) is 0 Å². The Labute approximate surface area is 111 Å². The zero-order valence-electron chi connectivity index (χ0n) is 10.9. The van der Waals surface area contributed by atoms with Gasteiger partial charge in [0.25, 0.3) is 5.91 Å². The summed E-state index contributed by atoms with van der Waals surface area (Å²) in [6, 6.07) is 0.968. The molecule has 2 rings (SSSR count). The number of aryl methyl sites for hydroxylation is 1. The van der Waals surface area contributed by atoms with Crippen molar-refractivity contribution in [3.63, 3.8) is 0 Å². The molecule has 0 radical (unpaired) electrons. The van der Waals surface area contributed by atoms with E-state index in [0.29, 0.717) is 12.1 Å². The molecule has 0 bridgehead atoms. The molecule has 0 spiro atoms. The lowest BCUT2D eigenvalue weighted by Gasteiger charge is -2.28. The van der Waals surface area contributed by atoms with E-state index in [4.69, 9.17) is 4.42 Å². The summed E-state index contributed by atoms with van der Waals surface area (Å²) in [6.45, 7) is 3.80. The van der Waals surface area contributed by atoms with Crippen LogP contribution in [0.1, 0.15) is 23.0 Å². The number of aliphatic hydroxyl groups excluding tert-OH is 1. The van der Waals surface area contributed by atoms with Crippen molar-refractivity contribution in [3.8, 4) is 0 Å². The van der Waals surface area contributed by atoms with Crippen molar-refractivity contribution in [1.29, 1.82) is 0 Å². The second-order valence-corrected chi connectivity index (χ2v) is 6.89. The molecule has 1 aliphatic heterocycles. The van der Waals surface area contributed by atoms with Gasteiger partial charge >= 0.3 is 0 Å². The molecule has 0 saturated carbocycles. The van der Waals surface area contributed by atoms with Crippen molar-refractivity contribution in [2.75, 3.05) is 18.1 Å². The third-order valence-corrected chi connectivity index (χ3v) is 5.05. The van der Waals surface area contributed by atoms with Gasteiger partial charge in [-0.15, -0.1) is 0 Å². The molecule has 0 aliphatic carbocycles. The minimum absolute atomic E-state index is 0.193. The summed E-state index contributed by atoms with van der Waals surface area (Å²) in [7, 11) is -3.29. The molecular weight excluding hydrogens is 270 g/mol. The van der Waals surface area contributed by atoms with E-state index >= 15 is 0 Å². The van der Waals surface area contributed by atoms with Crippen molar-refractivity contribution < 1.29 is 22.7 Å². The van der Waals surface area contributed by atoms with E-state index in [9.17, 15) is 18.3 Å². The Morgan fingerprint density at radius 3 is 2.63 bits per heavy atom. The molecule has 6 nitrogen and oxygen atoms in total. The lowest BCUT2D eigenvalue weighted by Crippen LogP contribution is -2.46. The fraction of sp³-hybridized carbons (Fsp3) is 0.583. The molecule has 1 fully saturated rings. The first-order chi connectivity index (χ1) is 8.85. The average molecular weight is 287 g/mol. The van der Waals surface area contributed by atoms with Crippen LogP contribution in [0, 0.1) is 6.92 Å². The molecule has 0 aromatic carbocycles. The monoisotopic (exact) mass is 287 g/mol. The topological polar surface area (TPSA) is 87.8 Å². The van der Waals surface area contributed by atoms with E-state index in [0.717, 1.165) is 0 Å². The minimum Gasteiger partial charge on any atom is -0.459 e. The number of hydrogen-bond acceptors (Lipinski definition) is 5. The van der Waals surface area contributed by atoms with Crippen molar-refractivity contribution in [1.82, 2.24) is 4.90 Å². The number of amides is 1. The first-order valence-corrected chi connectivity index (χ1v) is 7.91. The zero-order valence-corrected chi connectivity index (χ0v) is 11.7. The highest BCUT2D eigenvalue weighted by Gasteiger charge is 2.42. The summed E-state index contributed by atoms with van der Waals surface area (Å²) in [6.07, 6.45) is 0.377. The molecule has 1 aromatic rings. The van der Waals surface area contributed by atoms with Gasteiger partial charge in [-0.05, 0) is 19.9 Å². The molecule has 1 aliphatic rings. The number of likely N-dealkylation sites (N-methyl/N-ethyl adjacent to an activating group) is 1. The van der Waals surface area contributed by atoms with Gasteiger partial charge < -0.3 is 14.4 Å². The Morgan fingerprint density at radius 1 is 1.53 bits per heavy atom. The van der Waals surface area contributed by atoms with Crippen LogP contribution in [0.15, 0.2) is 16.7 Å². The number of nitrogens with zero attached hydrogens (tertiary/aromatic N) is 1. The van der Waals surface area contributed by atoms with Crippen LogP contribution in [-0.2, 0) is 9.84 Å². The Hall–Kier alpha value is -1.34. The quantitative estimate of drug-likeness (QED) is 0.858. The molecular formula is C12H17NO5S. The lowest BCUT2D eigenvalue weighted by molar-refractivity contribution is 0.0491. The molecule has 1 amide bonds. The van der Waals surface area contributed by atoms with E-state index in [1.807, 2.05) is 0 Å². The molecule has 2 atom stereocenters. The fourth-order valence-electron chi connectivity index (χ4n) is 2.36. The normalized spacial score (nSPS) is 25.4. The maximum Gasteiger partial charge on any atom is 0.290 e. The van der Waals surface area contributed by atoms with Crippen LogP contribution in [0.5, 0.6) is 0 Å². The Morgan fingerprint density at radius 2 is 2.21 bits per heavy atom. The first-order valence-electron chi connectivity index (χ1n) is 6.09. The van der Waals surface area contributed by atoms with Crippen molar-refractivity contribution >= 4 is 15.7 Å². The number of aliphatic hydroxyl groups is 1. The van der Waals surface area contributed by atoms with Gasteiger partial charge in [0.2, 0.25) is 0 Å². The summed E-state index contributed by atoms with van der Waals surface area (Å²) >= 11 is 0. The van der Waals surface area contributed by atoms with Crippen LogP contribution >= 0.6 is 0 Å². The Kier molecular flexibility index (Phi) is 3.69. The number of carbonyl (C=O) groups excluding carboxylic acids is 1. The minimum atomic E-state index is -3.29. The molecule has 1 saturated heterocycles. The second-order valence-electron chi connectivity index (χ2n) is 4.74. The number of rotatable bonds is 3. The SMILES string of the molecule is CCN(C(=O)c1occc1C)[C@H]1CS(=O)(=O)C[C@@H]1O. The van der Waals surface area contributed by atoms with Crippen LogP contribution in [0.4, 0.5) is 0 Å². The molecule has 0 unspecified atom stereocenters. The van der Waals surface area contributed by atoms with Crippen LogP contribution in [0.2, 0.25) is 0 Å². The summed E-state index contributed by atoms with van der Waals surface area (Å²) in [5.41, 5.74) is 0.693. The van der Waals surface area contributed by atoms with E-state index in [1.54, 1.807) is 19.9 Å². The largest absolute Gasteiger partial charge is 0.459 e. The Balaban J connectivity index is 2.26. The predicted molar refractivity (Wildman–Crippen MR) is 68.6 cm³/mol. The first kappa shape index (κ1) is 14.1. The zero-order chi connectivity index (χ0) is 14.2. The summed E-state index contributed by atoms with van der Waals surface area (Å²) in [4.78, 5) is 13.7.